The van der Waals surface area contributed by atoms with Crippen LogP contribution in [0.1, 0.15) is 26.2 Å². The topological polar surface area (TPSA) is 0 Å². The summed E-state index contributed by atoms with van der Waals surface area (Å²) in [6.07, 6.45) is -1.98. The van der Waals surface area contributed by atoms with E-state index in [1.54, 1.807) is 0 Å². The molecule has 0 amide bonds. The predicted octanol–water partition coefficient (Wildman–Crippen LogP) is 3.28. The Labute approximate surface area is 63.6 Å². The lowest BCUT2D eigenvalue weighted by Crippen LogP contribution is -2.26. The van der Waals surface area contributed by atoms with Crippen LogP contribution in [0.3, 0.4) is 0 Å². The number of rotatable bonds is 4. The van der Waals surface area contributed by atoms with Gasteiger partial charge in [0, 0.05) is 6.42 Å². The zero-order valence-electron chi connectivity index (χ0n) is 6.34. The molecular weight excluding hydrogens is 160 g/mol. The van der Waals surface area contributed by atoms with Gasteiger partial charge in [0.1, 0.15) is 0 Å². The first-order chi connectivity index (χ1) is 4.77. The van der Waals surface area contributed by atoms with Gasteiger partial charge in [-0.05, 0) is 13.3 Å². The van der Waals surface area contributed by atoms with E-state index in [-0.39, 0.29) is 6.42 Å². The standard InChI is InChI=1S/C7H11F4/c1-3-4-7(10,11)5-6(2,8)9/h1,3-5H2,2H3. The summed E-state index contributed by atoms with van der Waals surface area (Å²) in [5, 5.41) is 0. The Morgan fingerprint density at radius 2 is 1.64 bits per heavy atom. The molecule has 0 heterocycles. The van der Waals surface area contributed by atoms with Crippen LogP contribution in [0, 0.1) is 6.92 Å². The average Bonchev–Trinajstić information content (AvgIpc) is 1.55. The van der Waals surface area contributed by atoms with Crippen LogP contribution in [-0.2, 0) is 0 Å². The highest BCUT2D eigenvalue weighted by molar-refractivity contribution is 4.74. The lowest BCUT2D eigenvalue weighted by atomic mass is 10.1. The van der Waals surface area contributed by atoms with Crippen molar-refractivity contribution < 1.29 is 17.6 Å². The third kappa shape index (κ3) is 6.13. The van der Waals surface area contributed by atoms with E-state index in [4.69, 9.17) is 0 Å². The van der Waals surface area contributed by atoms with Crippen LogP contribution in [0.4, 0.5) is 17.6 Å². The minimum atomic E-state index is -3.29. The molecule has 0 atom stereocenters. The summed E-state index contributed by atoms with van der Waals surface area (Å²) in [7, 11) is 0. The molecular formula is C7H11F4. The second-order valence-corrected chi connectivity index (χ2v) is 2.71. The molecule has 0 aliphatic heterocycles. The second-order valence-electron chi connectivity index (χ2n) is 2.71. The van der Waals surface area contributed by atoms with Crippen LogP contribution in [0.2, 0.25) is 0 Å². The smallest absolute Gasteiger partial charge is 0.207 e. The fourth-order valence-corrected chi connectivity index (χ4v) is 0.801. The van der Waals surface area contributed by atoms with E-state index in [2.05, 4.69) is 6.92 Å². The average molecular weight is 171 g/mol. The Bertz CT molecular complexity index is 114. The number of hydrogen-bond donors (Lipinski definition) is 0. The molecule has 4 heteroatoms. The van der Waals surface area contributed by atoms with Crippen LogP contribution in [-0.4, -0.2) is 11.8 Å². The van der Waals surface area contributed by atoms with E-state index in [9.17, 15) is 17.6 Å². The lowest BCUT2D eigenvalue weighted by molar-refractivity contribution is -0.104. The zero-order chi connectivity index (χ0) is 9.12. The molecule has 0 aliphatic rings. The van der Waals surface area contributed by atoms with E-state index in [1.165, 1.54) is 0 Å². The van der Waals surface area contributed by atoms with Gasteiger partial charge in [0.25, 0.3) is 11.8 Å². The summed E-state index contributed by atoms with van der Waals surface area (Å²) in [6.45, 7) is 3.67. The molecule has 0 unspecified atom stereocenters. The highest BCUT2D eigenvalue weighted by Gasteiger charge is 2.38. The fraction of sp³-hybridized carbons (Fsp3) is 0.857. The van der Waals surface area contributed by atoms with E-state index in [1.807, 2.05) is 0 Å². The fourth-order valence-electron chi connectivity index (χ4n) is 0.801. The van der Waals surface area contributed by atoms with Crippen LogP contribution in [0.5, 0.6) is 0 Å². The maximum absolute atomic E-state index is 12.4. The highest BCUT2D eigenvalue weighted by atomic mass is 19.3. The summed E-state index contributed by atoms with van der Waals surface area (Å²) in [6, 6.07) is 0. The third-order valence-electron chi connectivity index (χ3n) is 1.11. The van der Waals surface area contributed by atoms with Crippen molar-refractivity contribution in [3.63, 3.8) is 0 Å². The van der Waals surface area contributed by atoms with Gasteiger partial charge in [-0.1, -0.05) is 6.92 Å². The quantitative estimate of drug-likeness (QED) is 0.569. The van der Waals surface area contributed by atoms with Crippen LogP contribution >= 0.6 is 0 Å². The van der Waals surface area contributed by atoms with Crippen molar-refractivity contribution in [2.45, 2.75) is 38.0 Å². The number of halogens is 4. The minimum Gasteiger partial charge on any atom is -0.207 e. The molecule has 0 saturated heterocycles. The van der Waals surface area contributed by atoms with Gasteiger partial charge in [0.2, 0.25) is 0 Å². The molecule has 67 valence electrons. The van der Waals surface area contributed by atoms with Crippen molar-refractivity contribution in [3.8, 4) is 0 Å². The Kier molecular flexibility index (Phi) is 3.32. The van der Waals surface area contributed by atoms with Gasteiger partial charge in [-0.3, -0.25) is 0 Å². The van der Waals surface area contributed by atoms with Crippen LogP contribution in [0.25, 0.3) is 0 Å². The van der Waals surface area contributed by atoms with E-state index in [0.717, 1.165) is 0 Å². The van der Waals surface area contributed by atoms with E-state index < -0.39 is 24.7 Å². The van der Waals surface area contributed by atoms with Gasteiger partial charge >= 0.3 is 0 Å². The van der Waals surface area contributed by atoms with E-state index >= 15 is 0 Å². The summed E-state index contributed by atoms with van der Waals surface area (Å²) < 4.78 is 48.9. The zero-order valence-corrected chi connectivity index (χ0v) is 6.34. The third-order valence-corrected chi connectivity index (χ3v) is 1.11. The first-order valence-electron chi connectivity index (χ1n) is 3.32. The Morgan fingerprint density at radius 1 is 1.18 bits per heavy atom. The molecule has 11 heavy (non-hydrogen) atoms. The van der Waals surface area contributed by atoms with Gasteiger partial charge in [-0.15, -0.1) is 0 Å². The van der Waals surface area contributed by atoms with Gasteiger partial charge in [-0.25, -0.2) is 17.6 Å². The molecule has 0 N–H and O–H groups in total. The Hall–Kier alpha value is -0.280. The summed E-state index contributed by atoms with van der Waals surface area (Å²) in [4.78, 5) is 0. The maximum atomic E-state index is 12.4. The first-order valence-corrected chi connectivity index (χ1v) is 3.32. The molecule has 0 fully saturated rings. The van der Waals surface area contributed by atoms with Crippen molar-refractivity contribution in [2.24, 2.45) is 0 Å². The van der Waals surface area contributed by atoms with Crippen LogP contribution < -0.4 is 0 Å². The molecule has 1 radical (unpaired) electrons. The predicted molar refractivity (Wildman–Crippen MR) is 34.8 cm³/mol. The highest BCUT2D eigenvalue weighted by Crippen LogP contribution is 2.32. The maximum Gasteiger partial charge on any atom is 0.253 e. The minimum absolute atomic E-state index is 0.0247. The number of alkyl halides is 4. The second kappa shape index (κ2) is 3.41. The lowest BCUT2D eigenvalue weighted by Gasteiger charge is -2.19. The van der Waals surface area contributed by atoms with Gasteiger partial charge in [0.05, 0.1) is 6.42 Å². The van der Waals surface area contributed by atoms with E-state index in [0.29, 0.717) is 6.92 Å². The van der Waals surface area contributed by atoms with Crippen molar-refractivity contribution >= 4 is 0 Å². The van der Waals surface area contributed by atoms with Gasteiger partial charge in [0.15, 0.2) is 0 Å². The molecule has 0 rings (SSSR count). The normalized spacial score (nSPS) is 13.6. The number of hydrogen-bond acceptors (Lipinski definition) is 0. The molecule has 0 aromatic carbocycles. The largest absolute Gasteiger partial charge is 0.253 e. The van der Waals surface area contributed by atoms with Crippen molar-refractivity contribution in [1.29, 1.82) is 0 Å². The molecule has 0 bridgehead atoms. The molecule has 0 aromatic rings. The Balaban J connectivity index is 3.91. The van der Waals surface area contributed by atoms with Crippen molar-refractivity contribution in [2.75, 3.05) is 0 Å². The molecule has 0 nitrogen and oxygen atoms in total. The molecule has 0 aromatic heterocycles. The van der Waals surface area contributed by atoms with Crippen molar-refractivity contribution in [3.05, 3.63) is 6.92 Å². The van der Waals surface area contributed by atoms with Gasteiger partial charge in [-0.2, -0.15) is 0 Å². The molecule has 0 spiro atoms. The summed E-state index contributed by atoms with van der Waals surface area (Å²) >= 11 is 0. The van der Waals surface area contributed by atoms with Crippen LogP contribution in [0.15, 0.2) is 0 Å². The Morgan fingerprint density at radius 3 is 1.91 bits per heavy atom. The van der Waals surface area contributed by atoms with Crippen molar-refractivity contribution in [1.82, 2.24) is 0 Å². The summed E-state index contributed by atoms with van der Waals surface area (Å²) in [5.41, 5.74) is 0. The summed E-state index contributed by atoms with van der Waals surface area (Å²) in [5.74, 6) is -6.57. The SMILES string of the molecule is [CH2]CCC(F)(F)CC(C)(F)F. The monoisotopic (exact) mass is 171 g/mol. The molecule has 0 saturated carbocycles. The first kappa shape index (κ1) is 10.7. The van der Waals surface area contributed by atoms with Gasteiger partial charge < -0.3 is 0 Å². The molecule has 0 aliphatic carbocycles.